The summed E-state index contributed by atoms with van der Waals surface area (Å²) < 4.78 is 6.31. The molecule has 0 spiro atoms. The van der Waals surface area contributed by atoms with E-state index in [0.717, 1.165) is 36.1 Å². The fourth-order valence-electron chi connectivity index (χ4n) is 2.30. The topological polar surface area (TPSA) is 38.3 Å². The monoisotopic (exact) mass is 325 g/mol. The first-order chi connectivity index (χ1) is 8.98. The molecule has 1 heterocycles. The number of hydrogen-bond acceptors (Lipinski definition) is 2. The summed E-state index contributed by atoms with van der Waals surface area (Å²) in [6.45, 7) is 6.49. The summed E-state index contributed by atoms with van der Waals surface area (Å²) in [6, 6.07) is 5.76. The highest BCUT2D eigenvalue weighted by Gasteiger charge is 2.27. The Hall–Kier alpha value is -0.870. The maximum absolute atomic E-state index is 12.2. The minimum Gasteiger partial charge on any atom is -0.381 e. The van der Waals surface area contributed by atoms with Crippen LogP contribution in [0.3, 0.4) is 0 Å². The molecule has 0 aromatic heterocycles. The van der Waals surface area contributed by atoms with Crippen LogP contribution in [0.15, 0.2) is 22.7 Å². The van der Waals surface area contributed by atoms with Gasteiger partial charge < -0.3 is 10.1 Å². The van der Waals surface area contributed by atoms with Gasteiger partial charge in [0.2, 0.25) is 0 Å². The summed E-state index contributed by atoms with van der Waals surface area (Å²) in [5, 5.41) is 3.05. The minimum atomic E-state index is -0.00267. The lowest BCUT2D eigenvalue weighted by atomic mass is 9.82. The molecule has 1 aliphatic heterocycles. The number of nitrogens with one attached hydrogen (secondary N) is 1. The third-order valence-electron chi connectivity index (χ3n) is 3.68. The molecule has 2 rings (SSSR count). The Bertz CT molecular complexity index is 447. The van der Waals surface area contributed by atoms with Crippen molar-refractivity contribution in [1.82, 2.24) is 5.32 Å². The highest BCUT2D eigenvalue weighted by atomic mass is 79.9. The van der Waals surface area contributed by atoms with Crippen molar-refractivity contribution < 1.29 is 9.53 Å². The summed E-state index contributed by atoms with van der Waals surface area (Å²) >= 11 is 3.42. The van der Waals surface area contributed by atoms with E-state index in [4.69, 9.17) is 4.74 Å². The van der Waals surface area contributed by atoms with E-state index in [9.17, 15) is 4.79 Å². The van der Waals surface area contributed by atoms with Gasteiger partial charge in [-0.15, -0.1) is 0 Å². The number of hydrogen-bond donors (Lipinski definition) is 1. The maximum Gasteiger partial charge on any atom is 0.251 e. The smallest absolute Gasteiger partial charge is 0.251 e. The lowest BCUT2D eigenvalue weighted by molar-refractivity contribution is 0.0238. The van der Waals surface area contributed by atoms with Crippen molar-refractivity contribution in [1.29, 1.82) is 0 Å². The van der Waals surface area contributed by atoms with Crippen LogP contribution in [0.1, 0.15) is 35.7 Å². The number of carbonyl (C=O) groups excluding carboxylic acids is 1. The second-order valence-corrected chi connectivity index (χ2v) is 6.54. The molecule has 104 valence electrons. The van der Waals surface area contributed by atoms with E-state index in [1.807, 2.05) is 25.1 Å². The molecule has 0 radical (unpaired) electrons. The van der Waals surface area contributed by atoms with E-state index in [-0.39, 0.29) is 11.3 Å². The van der Waals surface area contributed by atoms with Gasteiger partial charge in [-0.25, -0.2) is 0 Å². The number of amides is 1. The molecule has 0 saturated carbocycles. The van der Waals surface area contributed by atoms with E-state index in [0.29, 0.717) is 12.1 Å². The van der Waals surface area contributed by atoms with Gasteiger partial charge in [0.15, 0.2) is 0 Å². The van der Waals surface area contributed by atoms with Gasteiger partial charge in [-0.2, -0.15) is 0 Å². The summed E-state index contributed by atoms with van der Waals surface area (Å²) in [5.41, 5.74) is 1.95. The third-order valence-corrected chi connectivity index (χ3v) is 4.14. The van der Waals surface area contributed by atoms with Gasteiger partial charge >= 0.3 is 0 Å². The number of carbonyl (C=O) groups is 1. The lowest BCUT2D eigenvalue weighted by Crippen LogP contribution is -2.39. The van der Waals surface area contributed by atoms with Gasteiger partial charge in [0, 0.05) is 29.8 Å². The predicted octanol–water partition coefficient (Wildman–Crippen LogP) is 3.30. The van der Waals surface area contributed by atoms with Gasteiger partial charge in [-0.1, -0.05) is 22.9 Å². The molecule has 1 saturated heterocycles. The van der Waals surface area contributed by atoms with Crippen molar-refractivity contribution in [2.45, 2.75) is 26.7 Å². The van der Waals surface area contributed by atoms with Crippen LogP contribution in [-0.2, 0) is 4.74 Å². The Morgan fingerprint density at radius 1 is 1.37 bits per heavy atom. The zero-order chi connectivity index (χ0) is 13.9. The van der Waals surface area contributed by atoms with Crippen LogP contribution in [0, 0.1) is 12.3 Å². The number of rotatable bonds is 3. The van der Waals surface area contributed by atoms with Gasteiger partial charge in [0.1, 0.15) is 0 Å². The molecule has 1 fully saturated rings. The Morgan fingerprint density at radius 2 is 2.05 bits per heavy atom. The zero-order valence-electron chi connectivity index (χ0n) is 11.5. The van der Waals surface area contributed by atoms with E-state index >= 15 is 0 Å². The van der Waals surface area contributed by atoms with Crippen molar-refractivity contribution in [2.24, 2.45) is 5.41 Å². The first kappa shape index (κ1) is 14.5. The Morgan fingerprint density at radius 3 is 2.68 bits per heavy atom. The van der Waals surface area contributed by atoms with Crippen LogP contribution >= 0.6 is 15.9 Å². The molecule has 0 bridgehead atoms. The molecular weight excluding hydrogens is 306 g/mol. The fraction of sp³-hybridized carbons (Fsp3) is 0.533. The Kier molecular flexibility index (Phi) is 4.63. The second kappa shape index (κ2) is 6.06. The fourth-order valence-corrected chi connectivity index (χ4v) is 2.91. The summed E-state index contributed by atoms with van der Waals surface area (Å²) in [6.07, 6.45) is 2.01. The number of ether oxygens (including phenoxy) is 1. The van der Waals surface area contributed by atoms with Gasteiger partial charge in [0.05, 0.1) is 0 Å². The largest absolute Gasteiger partial charge is 0.381 e. The van der Waals surface area contributed by atoms with Crippen LogP contribution < -0.4 is 5.32 Å². The van der Waals surface area contributed by atoms with Crippen LogP contribution in [0.5, 0.6) is 0 Å². The summed E-state index contributed by atoms with van der Waals surface area (Å²) in [5.74, 6) is -0.00267. The maximum atomic E-state index is 12.2. The highest BCUT2D eigenvalue weighted by molar-refractivity contribution is 9.10. The van der Waals surface area contributed by atoms with Crippen molar-refractivity contribution in [3.05, 3.63) is 33.8 Å². The Labute approximate surface area is 122 Å². The summed E-state index contributed by atoms with van der Waals surface area (Å²) in [4.78, 5) is 12.2. The zero-order valence-corrected chi connectivity index (χ0v) is 13.0. The molecule has 1 aromatic rings. The minimum absolute atomic E-state index is 0.00267. The first-order valence-electron chi connectivity index (χ1n) is 6.62. The van der Waals surface area contributed by atoms with Crippen LogP contribution in [-0.4, -0.2) is 25.7 Å². The highest BCUT2D eigenvalue weighted by Crippen LogP contribution is 2.28. The molecule has 1 aromatic carbocycles. The molecule has 0 aliphatic carbocycles. The standard InChI is InChI=1S/C15H20BrNO2/c1-11-7-12(9-13(16)8-11)14(18)17-10-15(2)3-5-19-6-4-15/h7-9H,3-6,10H2,1-2H3,(H,17,18). The molecule has 1 N–H and O–H groups in total. The molecule has 4 heteroatoms. The van der Waals surface area contributed by atoms with E-state index < -0.39 is 0 Å². The average molecular weight is 326 g/mol. The summed E-state index contributed by atoms with van der Waals surface area (Å²) in [7, 11) is 0. The molecule has 1 aliphatic rings. The molecular formula is C15H20BrNO2. The number of aryl methyl sites for hydroxylation is 1. The normalized spacial score (nSPS) is 18.1. The molecule has 0 atom stereocenters. The van der Waals surface area contributed by atoms with Crippen LogP contribution in [0.2, 0.25) is 0 Å². The first-order valence-corrected chi connectivity index (χ1v) is 7.41. The van der Waals surface area contributed by atoms with Gasteiger partial charge in [0.25, 0.3) is 5.91 Å². The third kappa shape index (κ3) is 4.05. The van der Waals surface area contributed by atoms with Gasteiger partial charge in [-0.3, -0.25) is 4.79 Å². The van der Waals surface area contributed by atoms with Crippen molar-refractivity contribution in [2.75, 3.05) is 19.8 Å². The van der Waals surface area contributed by atoms with Crippen molar-refractivity contribution in [3.8, 4) is 0 Å². The number of halogens is 1. The molecule has 19 heavy (non-hydrogen) atoms. The van der Waals surface area contributed by atoms with Crippen molar-refractivity contribution >= 4 is 21.8 Å². The molecule has 0 unspecified atom stereocenters. The predicted molar refractivity (Wildman–Crippen MR) is 79.4 cm³/mol. The molecule has 1 amide bonds. The SMILES string of the molecule is Cc1cc(Br)cc(C(=O)NCC2(C)CCOCC2)c1. The number of benzene rings is 1. The average Bonchev–Trinajstić information content (AvgIpc) is 2.36. The lowest BCUT2D eigenvalue weighted by Gasteiger charge is -2.33. The Balaban J connectivity index is 1.97. The molecule has 3 nitrogen and oxygen atoms in total. The van der Waals surface area contributed by atoms with Crippen molar-refractivity contribution in [3.63, 3.8) is 0 Å². The van der Waals surface area contributed by atoms with Crippen LogP contribution in [0.4, 0.5) is 0 Å². The second-order valence-electron chi connectivity index (χ2n) is 5.62. The van der Waals surface area contributed by atoms with E-state index in [2.05, 4.69) is 28.2 Å². The van der Waals surface area contributed by atoms with Gasteiger partial charge in [-0.05, 0) is 48.9 Å². The van der Waals surface area contributed by atoms with E-state index in [1.165, 1.54) is 0 Å². The quantitative estimate of drug-likeness (QED) is 0.925. The van der Waals surface area contributed by atoms with E-state index in [1.54, 1.807) is 0 Å². The van der Waals surface area contributed by atoms with Crippen LogP contribution in [0.25, 0.3) is 0 Å².